The lowest BCUT2D eigenvalue weighted by Crippen LogP contribution is -1.76. The molecule has 1 aromatic heterocycles. The normalized spacial score (nSPS) is 11.1. The Balaban J connectivity index is 3.02. The molecule has 1 aromatic carbocycles. The second-order valence-electron chi connectivity index (χ2n) is 2.54. The van der Waals surface area contributed by atoms with Gasteiger partial charge in [0.05, 0.1) is 20.1 Å². The van der Waals surface area contributed by atoms with Crippen LogP contribution in [0.3, 0.4) is 0 Å². The number of hydrogen-bond donors (Lipinski definition) is 1. The largest absolute Gasteiger partial charge is 0.366 e. The summed E-state index contributed by atoms with van der Waals surface area (Å²) in [5.41, 5.74) is 0. The number of benzene rings is 1. The van der Waals surface area contributed by atoms with E-state index < -0.39 is 0 Å². The first-order valence-corrected chi connectivity index (χ1v) is 4.92. The van der Waals surface area contributed by atoms with Gasteiger partial charge in [-0.15, -0.1) is 0 Å². The van der Waals surface area contributed by atoms with Crippen LogP contribution in [-0.2, 0) is 0 Å². The van der Waals surface area contributed by atoms with E-state index in [-0.39, 0.29) is 0 Å². The van der Waals surface area contributed by atoms with Gasteiger partial charge in [0.1, 0.15) is 0 Å². The van der Waals surface area contributed by atoms with Crippen molar-refractivity contribution in [1.82, 2.24) is 4.98 Å². The van der Waals surface area contributed by atoms with Crippen molar-refractivity contribution in [1.29, 1.82) is 0 Å². The number of aromatic nitrogens is 1. The van der Waals surface area contributed by atoms with Crippen LogP contribution in [0.1, 0.15) is 0 Å². The zero-order valence-electron chi connectivity index (χ0n) is 6.17. The first-order chi connectivity index (χ1) is 6.13. The van der Waals surface area contributed by atoms with Crippen LogP contribution in [0.5, 0.6) is 0 Å². The van der Waals surface area contributed by atoms with Crippen LogP contribution in [0.25, 0.3) is 10.8 Å². The molecule has 5 heteroatoms. The van der Waals surface area contributed by atoms with Crippen LogP contribution >= 0.6 is 46.4 Å². The van der Waals surface area contributed by atoms with E-state index in [1.807, 2.05) is 0 Å². The Bertz CT molecular complexity index is 432. The van der Waals surface area contributed by atoms with Crippen molar-refractivity contribution in [3.63, 3.8) is 0 Å². The molecule has 1 heterocycles. The molecular weight excluding hydrogens is 252 g/mol. The average molecular weight is 255 g/mol. The van der Waals surface area contributed by atoms with E-state index in [0.29, 0.717) is 20.1 Å². The molecule has 0 fully saturated rings. The third kappa shape index (κ3) is 1.31. The minimum Gasteiger partial charge on any atom is -0.366 e. The molecule has 13 heavy (non-hydrogen) atoms. The maximum absolute atomic E-state index is 5.95. The molecule has 0 amide bonds. The smallest absolute Gasteiger partial charge is 0.0800 e. The second kappa shape index (κ2) is 3.25. The highest BCUT2D eigenvalue weighted by molar-refractivity contribution is 6.55. The highest BCUT2D eigenvalue weighted by atomic mass is 35.5. The lowest BCUT2D eigenvalue weighted by atomic mass is 10.2. The fourth-order valence-corrected chi connectivity index (χ4v) is 2.15. The molecule has 2 rings (SSSR count). The van der Waals surface area contributed by atoms with Gasteiger partial charge >= 0.3 is 0 Å². The Labute approximate surface area is 94.5 Å². The zero-order valence-corrected chi connectivity index (χ0v) is 9.19. The van der Waals surface area contributed by atoms with E-state index >= 15 is 0 Å². The maximum atomic E-state index is 5.95. The Hall–Kier alpha value is -0.0800. The fraction of sp³-hybridized carbons (Fsp3) is 0. The van der Waals surface area contributed by atoms with Gasteiger partial charge in [-0.1, -0.05) is 46.4 Å². The summed E-state index contributed by atoms with van der Waals surface area (Å²) >= 11 is 23.6. The number of rotatable bonds is 0. The molecule has 0 saturated heterocycles. The summed E-state index contributed by atoms with van der Waals surface area (Å²) in [5.74, 6) is 0. The molecule has 1 nitrogen and oxygen atoms in total. The number of fused-ring (bicyclic) bond motifs is 1. The summed E-state index contributed by atoms with van der Waals surface area (Å²) in [6.45, 7) is 0. The number of nitrogens with one attached hydrogen (secondary N) is 1. The Morgan fingerprint density at radius 1 is 0.692 bits per heavy atom. The van der Waals surface area contributed by atoms with E-state index in [1.165, 1.54) is 0 Å². The molecule has 0 bridgehead atoms. The Kier molecular flexibility index (Phi) is 2.37. The van der Waals surface area contributed by atoms with E-state index in [0.717, 1.165) is 10.8 Å². The number of aromatic amines is 1. The van der Waals surface area contributed by atoms with Gasteiger partial charge < -0.3 is 4.98 Å². The summed E-state index contributed by atoms with van der Waals surface area (Å²) in [6, 6.07) is 0. The summed E-state index contributed by atoms with van der Waals surface area (Å²) in [7, 11) is 0. The molecule has 0 spiro atoms. The topological polar surface area (TPSA) is 15.8 Å². The van der Waals surface area contributed by atoms with Crippen molar-refractivity contribution in [3.8, 4) is 0 Å². The summed E-state index contributed by atoms with van der Waals surface area (Å²) < 4.78 is 0. The van der Waals surface area contributed by atoms with Crippen LogP contribution in [-0.4, -0.2) is 4.98 Å². The highest BCUT2D eigenvalue weighted by Gasteiger charge is 2.14. The molecule has 1 N–H and O–H groups in total. The maximum Gasteiger partial charge on any atom is 0.0800 e. The van der Waals surface area contributed by atoms with Crippen molar-refractivity contribution in [2.45, 2.75) is 0 Å². The molecule has 0 saturated carbocycles. The van der Waals surface area contributed by atoms with Crippen LogP contribution in [0.2, 0.25) is 20.1 Å². The monoisotopic (exact) mass is 253 g/mol. The molecule has 0 aliphatic rings. The fourth-order valence-electron chi connectivity index (χ4n) is 1.16. The third-order valence-corrected chi connectivity index (χ3v) is 3.63. The van der Waals surface area contributed by atoms with E-state index in [9.17, 15) is 0 Å². The van der Waals surface area contributed by atoms with Crippen molar-refractivity contribution >= 4 is 57.2 Å². The highest BCUT2D eigenvalue weighted by Crippen LogP contribution is 2.42. The van der Waals surface area contributed by atoms with Crippen LogP contribution in [0, 0.1) is 0 Å². The van der Waals surface area contributed by atoms with Gasteiger partial charge in [0.25, 0.3) is 0 Å². The van der Waals surface area contributed by atoms with Crippen LogP contribution < -0.4 is 0 Å². The quantitative estimate of drug-likeness (QED) is 0.514. The molecule has 2 aromatic rings. The molecule has 68 valence electrons. The van der Waals surface area contributed by atoms with Crippen molar-refractivity contribution in [3.05, 3.63) is 32.5 Å². The molecule has 0 atom stereocenters. The lowest BCUT2D eigenvalue weighted by molar-refractivity contribution is 1.43. The standard InChI is InChI=1S/C8H3Cl4N/c9-5-3-1-13-2-4(3)6(10)8(12)7(5)11/h1-2,13H. The minimum absolute atomic E-state index is 0.292. The molecule has 0 unspecified atom stereocenters. The lowest BCUT2D eigenvalue weighted by Gasteiger charge is -2.03. The van der Waals surface area contributed by atoms with Gasteiger partial charge in [-0.3, -0.25) is 0 Å². The molecule has 0 aliphatic carbocycles. The number of halogens is 4. The van der Waals surface area contributed by atoms with Gasteiger partial charge in [0.2, 0.25) is 0 Å². The summed E-state index contributed by atoms with van der Waals surface area (Å²) in [5, 5.41) is 2.99. The van der Waals surface area contributed by atoms with Crippen LogP contribution in [0.4, 0.5) is 0 Å². The van der Waals surface area contributed by atoms with Crippen molar-refractivity contribution in [2.24, 2.45) is 0 Å². The SMILES string of the molecule is Clc1c(Cl)c(Cl)c2c[nH]cc2c1Cl. The van der Waals surface area contributed by atoms with Crippen LogP contribution in [0.15, 0.2) is 12.4 Å². The Morgan fingerprint density at radius 3 is 1.46 bits per heavy atom. The van der Waals surface area contributed by atoms with Gasteiger partial charge in [0.15, 0.2) is 0 Å². The average Bonchev–Trinajstić information content (AvgIpc) is 2.59. The van der Waals surface area contributed by atoms with E-state index in [4.69, 9.17) is 46.4 Å². The van der Waals surface area contributed by atoms with Gasteiger partial charge in [-0.25, -0.2) is 0 Å². The molecular formula is C8H3Cl4N. The second-order valence-corrected chi connectivity index (χ2v) is 4.05. The van der Waals surface area contributed by atoms with Crippen molar-refractivity contribution in [2.75, 3.05) is 0 Å². The zero-order chi connectivity index (χ0) is 9.59. The summed E-state index contributed by atoms with van der Waals surface area (Å²) in [6.07, 6.45) is 3.46. The third-order valence-electron chi connectivity index (χ3n) is 1.80. The summed E-state index contributed by atoms with van der Waals surface area (Å²) in [4.78, 5) is 2.89. The van der Waals surface area contributed by atoms with Gasteiger partial charge in [0, 0.05) is 23.2 Å². The van der Waals surface area contributed by atoms with E-state index in [2.05, 4.69) is 4.98 Å². The first-order valence-electron chi connectivity index (χ1n) is 3.41. The predicted molar refractivity (Wildman–Crippen MR) is 58.3 cm³/mol. The van der Waals surface area contributed by atoms with E-state index in [1.54, 1.807) is 12.4 Å². The van der Waals surface area contributed by atoms with Gasteiger partial charge in [-0.2, -0.15) is 0 Å². The Morgan fingerprint density at radius 2 is 1.08 bits per heavy atom. The number of hydrogen-bond acceptors (Lipinski definition) is 0. The van der Waals surface area contributed by atoms with Gasteiger partial charge in [-0.05, 0) is 0 Å². The molecule has 0 aliphatic heterocycles. The molecule has 0 radical (unpaired) electrons. The first kappa shape index (κ1) is 9.47. The van der Waals surface area contributed by atoms with Crippen molar-refractivity contribution < 1.29 is 0 Å². The minimum atomic E-state index is 0.292. The number of H-pyrrole nitrogens is 1. The predicted octanol–water partition coefficient (Wildman–Crippen LogP) is 4.78.